The number of carbonyl (C=O) groups is 1. The quantitative estimate of drug-likeness (QED) is 0.880. The molecule has 0 aliphatic carbocycles. The highest BCUT2D eigenvalue weighted by Gasteiger charge is 2.11. The van der Waals surface area contributed by atoms with Gasteiger partial charge in [-0.2, -0.15) is 0 Å². The maximum atomic E-state index is 12.4. The van der Waals surface area contributed by atoms with Gasteiger partial charge in [0.1, 0.15) is 5.75 Å². The SMILES string of the molecule is CCOc1ccc(NC(=O)c2ccccc2NC)c(C)c1. The van der Waals surface area contributed by atoms with Crippen molar-refractivity contribution in [2.24, 2.45) is 0 Å². The van der Waals surface area contributed by atoms with Crippen LogP contribution in [0.3, 0.4) is 0 Å². The maximum Gasteiger partial charge on any atom is 0.257 e. The van der Waals surface area contributed by atoms with Gasteiger partial charge in [-0.05, 0) is 49.7 Å². The molecule has 0 unspecified atom stereocenters. The number of nitrogens with one attached hydrogen (secondary N) is 2. The van der Waals surface area contributed by atoms with Gasteiger partial charge >= 0.3 is 0 Å². The molecule has 2 aromatic rings. The lowest BCUT2D eigenvalue weighted by molar-refractivity contribution is 0.102. The minimum absolute atomic E-state index is 0.132. The third kappa shape index (κ3) is 3.54. The van der Waals surface area contributed by atoms with Gasteiger partial charge in [-0.3, -0.25) is 4.79 Å². The van der Waals surface area contributed by atoms with Crippen LogP contribution in [0.25, 0.3) is 0 Å². The van der Waals surface area contributed by atoms with Crippen LogP contribution in [-0.2, 0) is 0 Å². The van der Waals surface area contributed by atoms with Crippen molar-refractivity contribution in [3.63, 3.8) is 0 Å². The molecule has 0 saturated carbocycles. The van der Waals surface area contributed by atoms with E-state index in [-0.39, 0.29) is 5.91 Å². The number of carbonyl (C=O) groups excluding carboxylic acids is 1. The number of ether oxygens (including phenoxy) is 1. The van der Waals surface area contributed by atoms with E-state index in [1.54, 1.807) is 13.1 Å². The monoisotopic (exact) mass is 284 g/mol. The molecule has 0 aliphatic rings. The van der Waals surface area contributed by atoms with Crippen LogP contribution in [0.2, 0.25) is 0 Å². The fourth-order valence-corrected chi connectivity index (χ4v) is 2.12. The van der Waals surface area contributed by atoms with E-state index < -0.39 is 0 Å². The molecule has 0 fully saturated rings. The standard InChI is InChI=1S/C17H20N2O2/c1-4-21-13-9-10-15(12(2)11-13)19-17(20)14-7-5-6-8-16(14)18-3/h5-11,18H,4H2,1-3H3,(H,19,20). The van der Waals surface area contributed by atoms with E-state index in [0.717, 1.165) is 22.7 Å². The second-order valence-electron chi connectivity index (χ2n) is 4.66. The molecule has 0 spiro atoms. The summed E-state index contributed by atoms with van der Waals surface area (Å²) in [5, 5.41) is 5.96. The van der Waals surface area contributed by atoms with Gasteiger partial charge in [-0.15, -0.1) is 0 Å². The average molecular weight is 284 g/mol. The number of rotatable bonds is 5. The first-order chi connectivity index (χ1) is 10.2. The smallest absolute Gasteiger partial charge is 0.257 e. The van der Waals surface area contributed by atoms with Gasteiger partial charge in [0, 0.05) is 18.4 Å². The number of benzene rings is 2. The van der Waals surface area contributed by atoms with Crippen LogP contribution in [0.15, 0.2) is 42.5 Å². The van der Waals surface area contributed by atoms with Crippen molar-refractivity contribution in [3.8, 4) is 5.75 Å². The summed E-state index contributed by atoms with van der Waals surface area (Å²) in [6.07, 6.45) is 0. The van der Waals surface area contributed by atoms with Gasteiger partial charge in [0.15, 0.2) is 0 Å². The Morgan fingerprint density at radius 1 is 1.14 bits per heavy atom. The molecule has 0 aromatic heterocycles. The van der Waals surface area contributed by atoms with Crippen molar-refractivity contribution in [2.75, 3.05) is 24.3 Å². The summed E-state index contributed by atoms with van der Waals surface area (Å²) >= 11 is 0. The summed E-state index contributed by atoms with van der Waals surface area (Å²) in [6, 6.07) is 13.1. The third-order valence-electron chi connectivity index (χ3n) is 3.20. The summed E-state index contributed by atoms with van der Waals surface area (Å²) < 4.78 is 5.45. The first kappa shape index (κ1) is 14.9. The van der Waals surface area contributed by atoms with Gasteiger partial charge in [0.2, 0.25) is 0 Å². The van der Waals surface area contributed by atoms with Crippen molar-refractivity contribution in [3.05, 3.63) is 53.6 Å². The van der Waals surface area contributed by atoms with Crippen LogP contribution in [-0.4, -0.2) is 19.6 Å². The van der Waals surface area contributed by atoms with Crippen LogP contribution in [0.5, 0.6) is 5.75 Å². The number of aryl methyl sites for hydroxylation is 1. The van der Waals surface area contributed by atoms with E-state index in [4.69, 9.17) is 4.74 Å². The lowest BCUT2D eigenvalue weighted by Crippen LogP contribution is -2.14. The van der Waals surface area contributed by atoms with E-state index in [0.29, 0.717) is 12.2 Å². The predicted molar refractivity (Wildman–Crippen MR) is 86.3 cm³/mol. The lowest BCUT2D eigenvalue weighted by atomic mass is 10.1. The average Bonchev–Trinajstić information content (AvgIpc) is 2.50. The van der Waals surface area contributed by atoms with E-state index >= 15 is 0 Å². The normalized spacial score (nSPS) is 10.0. The molecule has 2 aromatic carbocycles. The fraction of sp³-hybridized carbons (Fsp3) is 0.235. The maximum absolute atomic E-state index is 12.4. The molecule has 0 heterocycles. The molecule has 110 valence electrons. The molecule has 4 heteroatoms. The van der Waals surface area contributed by atoms with E-state index in [1.165, 1.54) is 0 Å². The highest BCUT2D eigenvalue weighted by Crippen LogP contribution is 2.23. The van der Waals surface area contributed by atoms with Crippen LogP contribution >= 0.6 is 0 Å². The van der Waals surface area contributed by atoms with E-state index in [9.17, 15) is 4.79 Å². The largest absolute Gasteiger partial charge is 0.494 e. The molecule has 2 rings (SSSR count). The lowest BCUT2D eigenvalue weighted by Gasteiger charge is -2.12. The van der Waals surface area contributed by atoms with Crippen molar-refractivity contribution in [1.82, 2.24) is 0 Å². The summed E-state index contributed by atoms with van der Waals surface area (Å²) in [5.74, 6) is 0.677. The minimum atomic E-state index is -0.132. The minimum Gasteiger partial charge on any atom is -0.494 e. The summed E-state index contributed by atoms with van der Waals surface area (Å²) in [4.78, 5) is 12.4. The second kappa shape index (κ2) is 6.79. The highest BCUT2D eigenvalue weighted by atomic mass is 16.5. The topological polar surface area (TPSA) is 50.4 Å². The number of amides is 1. The van der Waals surface area contributed by atoms with Gasteiger partial charge in [0.25, 0.3) is 5.91 Å². The Morgan fingerprint density at radius 2 is 1.90 bits per heavy atom. The van der Waals surface area contributed by atoms with Crippen molar-refractivity contribution < 1.29 is 9.53 Å². The number of anilines is 2. The Hall–Kier alpha value is -2.49. The first-order valence-electron chi connectivity index (χ1n) is 6.97. The Bertz CT molecular complexity index is 638. The first-order valence-corrected chi connectivity index (χ1v) is 6.97. The zero-order chi connectivity index (χ0) is 15.2. The molecule has 4 nitrogen and oxygen atoms in total. The number of hydrogen-bond donors (Lipinski definition) is 2. The third-order valence-corrected chi connectivity index (χ3v) is 3.20. The Kier molecular flexibility index (Phi) is 4.82. The fourth-order valence-electron chi connectivity index (χ4n) is 2.12. The van der Waals surface area contributed by atoms with Crippen LogP contribution in [0, 0.1) is 6.92 Å². The summed E-state index contributed by atoms with van der Waals surface area (Å²) in [7, 11) is 1.80. The van der Waals surface area contributed by atoms with E-state index in [2.05, 4.69) is 10.6 Å². The molecule has 0 aliphatic heterocycles. The molecule has 0 bridgehead atoms. The molecule has 0 radical (unpaired) electrons. The zero-order valence-corrected chi connectivity index (χ0v) is 12.6. The van der Waals surface area contributed by atoms with Crippen LogP contribution in [0.4, 0.5) is 11.4 Å². The van der Waals surface area contributed by atoms with Crippen LogP contribution in [0.1, 0.15) is 22.8 Å². The van der Waals surface area contributed by atoms with Crippen molar-refractivity contribution in [1.29, 1.82) is 0 Å². The second-order valence-corrected chi connectivity index (χ2v) is 4.66. The molecular weight excluding hydrogens is 264 g/mol. The Labute approximate surface area is 125 Å². The molecule has 0 atom stereocenters. The highest BCUT2D eigenvalue weighted by molar-refractivity contribution is 6.08. The van der Waals surface area contributed by atoms with Crippen molar-refractivity contribution in [2.45, 2.75) is 13.8 Å². The number of hydrogen-bond acceptors (Lipinski definition) is 3. The van der Waals surface area contributed by atoms with Crippen molar-refractivity contribution >= 4 is 17.3 Å². The predicted octanol–water partition coefficient (Wildman–Crippen LogP) is 3.69. The van der Waals surface area contributed by atoms with Gasteiger partial charge < -0.3 is 15.4 Å². The molecule has 2 N–H and O–H groups in total. The van der Waals surface area contributed by atoms with Crippen LogP contribution < -0.4 is 15.4 Å². The molecule has 0 saturated heterocycles. The van der Waals surface area contributed by atoms with Gasteiger partial charge in [0.05, 0.1) is 12.2 Å². The van der Waals surface area contributed by atoms with E-state index in [1.807, 2.05) is 50.2 Å². The number of para-hydroxylation sites is 1. The molecular formula is C17H20N2O2. The Balaban J connectivity index is 2.19. The summed E-state index contributed by atoms with van der Waals surface area (Å²) in [6.45, 7) is 4.52. The molecule has 1 amide bonds. The zero-order valence-electron chi connectivity index (χ0n) is 12.6. The van der Waals surface area contributed by atoms with Gasteiger partial charge in [-0.1, -0.05) is 12.1 Å². The van der Waals surface area contributed by atoms with Gasteiger partial charge in [-0.25, -0.2) is 0 Å². The molecule has 21 heavy (non-hydrogen) atoms. The Morgan fingerprint density at radius 3 is 2.57 bits per heavy atom. The summed E-state index contributed by atoms with van der Waals surface area (Å²) in [5.41, 5.74) is 3.18.